The van der Waals surface area contributed by atoms with E-state index in [0.29, 0.717) is 17.7 Å². The van der Waals surface area contributed by atoms with Gasteiger partial charge in [0.2, 0.25) is 5.91 Å². The molecular weight excluding hydrogens is 358 g/mol. The van der Waals surface area contributed by atoms with Gasteiger partial charge in [-0.05, 0) is 29.8 Å². The molecule has 5 nitrogen and oxygen atoms in total. The standard InChI is InChI=1S/C17H12BrN3O2/c18-10-2-4-12-13(8-19-15(12)6-10)17(23)20-11-3-1-9-5-16(22)21-14(9)7-11/h1-4,6-8,19H,5H2,(H,20,23)(H,21,22). The molecule has 4 rings (SSSR count). The van der Waals surface area contributed by atoms with Crippen molar-refractivity contribution in [1.29, 1.82) is 0 Å². The molecule has 114 valence electrons. The lowest BCUT2D eigenvalue weighted by molar-refractivity contribution is -0.115. The maximum absolute atomic E-state index is 12.5. The molecule has 0 fully saturated rings. The van der Waals surface area contributed by atoms with E-state index < -0.39 is 0 Å². The number of H-pyrrole nitrogens is 1. The molecule has 1 aliphatic rings. The van der Waals surface area contributed by atoms with Crippen LogP contribution >= 0.6 is 15.9 Å². The Morgan fingerprint density at radius 2 is 2.04 bits per heavy atom. The summed E-state index contributed by atoms with van der Waals surface area (Å²) in [5.74, 6) is -0.214. The molecular formula is C17H12BrN3O2. The van der Waals surface area contributed by atoms with E-state index in [2.05, 4.69) is 31.5 Å². The molecule has 0 unspecified atom stereocenters. The van der Waals surface area contributed by atoms with E-state index in [-0.39, 0.29) is 11.8 Å². The summed E-state index contributed by atoms with van der Waals surface area (Å²) in [5, 5.41) is 6.51. The Kier molecular flexibility index (Phi) is 3.20. The lowest BCUT2D eigenvalue weighted by Gasteiger charge is -2.06. The molecule has 6 heteroatoms. The van der Waals surface area contributed by atoms with E-state index in [0.717, 1.165) is 26.6 Å². The van der Waals surface area contributed by atoms with Crippen LogP contribution in [-0.4, -0.2) is 16.8 Å². The van der Waals surface area contributed by atoms with Crippen LogP contribution in [0, 0.1) is 0 Å². The molecule has 23 heavy (non-hydrogen) atoms. The Hall–Kier alpha value is -2.60. The third-order valence-electron chi connectivity index (χ3n) is 3.88. The van der Waals surface area contributed by atoms with Gasteiger partial charge in [0.15, 0.2) is 0 Å². The molecule has 0 spiro atoms. The quantitative estimate of drug-likeness (QED) is 0.644. The van der Waals surface area contributed by atoms with Gasteiger partial charge < -0.3 is 15.6 Å². The van der Waals surface area contributed by atoms with Crippen molar-refractivity contribution >= 4 is 50.0 Å². The average molecular weight is 370 g/mol. The minimum Gasteiger partial charge on any atom is -0.360 e. The summed E-state index contributed by atoms with van der Waals surface area (Å²) in [4.78, 5) is 27.0. The van der Waals surface area contributed by atoms with E-state index in [1.54, 1.807) is 12.3 Å². The van der Waals surface area contributed by atoms with Crippen LogP contribution in [0.3, 0.4) is 0 Å². The summed E-state index contributed by atoms with van der Waals surface area (Å²) in [5.41, 5.74) is 3.84. The van der Waals surface area contributed by atoms with Crippen LogP contribution in [0.2, 0.25) is 0 Å². The molecule has 0 atom stereocenters. The number of fused-ring (bicyclic) bond motifs is 2. The van der Waals surface area contributed by atoms with Crippen molar-refractivity contribution in [2.75, 3.05) is 10.6 Å². The zero-order valence-corrected chi connectivity index (χ0v) is 13.5. The number of rotatable bonds is 2. The summed E-state index contributed by atoms with van der Waals surface area (Å²) < 4.78 is 0.952. The van der Waals surface area contributed by atoms with E-state index in [1.807, 2.05) is 30.3 Å². The first-order chi connectivity index (χ1) is 11.1. The van der Waals surface area contributed by atoms with Crippen molar-refractivity contribution in [2.24, 2.45) is 0 Å². The van der Waals surface area contributed by atoms with Gasteiger partial charge in [-0.25, -0.2) is 0 Å². The number of benzene rings is 2. The number of halogens is 1. The first-order valence-corrected chi connectivity index (χ1v) is 7.90. The molecule has 0 radical (unpaired) electrons. The van der Waals surface area contributed by atoms with Gasteiger partial charge >= 0.3 is 0 Å². The highest BCUT2D eigenvalue weighted by Crippen LogP contribution is 2.27. The minimum atomic E-state index is -0.192. The van der Waals surface area contributed by atoms with Gasteiger partial charge in [0, 0.05) is 32.9 Å². The predicted molar refractivity (Wildman–Crippen MR) is 92.7 cm³/mol. The topological polar surface area (TPSA) is 74.0 Å². The number of anilines is 2. The van der Waals surface area contributed by atoms with Gasteiger partial charge in [0.05, 0.1) is 12.0 Å². The number of hydrogen-bond donors (Lipinski definition) is 3. The van der Waals surface area contributed by atoms with Crippen LogP contribution in [0.4, 0.5) is 11.4 Å². The van der Waals surface area contributed by atoms with E-state index in [9.17, 15) is 9.59 Å². The Morgan fingerprint density at radius 3 is 2.91 bits per heavy atom. The molecule has 2 aromatic carbocycles. The molecule has 3 aromatic rings. The zero-order valence-electron chi connectivity index (χ0n) is 11.9. The van der Waals surface area contributed by atoms with E-state index >= 15 is 0 Å². The Labute approximate surface area is 140 Å². The largest absolute Gasteiger partial charge is 0.360 e. The van der Waals surface area contributed by atoms with Gasteiger partial charge in [0.25, 0.3) is 5.91 Å². The number of nitrogens with one attached hydrogen (secondary N) is 3. The third-order valence-corrected chi connectivity index (χ3v) is 4.37. The Bertz CT molecular complexity index is 962. The van der Waals surface area contributed by atoms with Crippen molar-refractivity contribution in [2.45, 2.75) is 6.42 Å². The van der Waals surface area contributed by atoms with Gasteiger partial charge in [-0.15, -0.1) is 0 Å². The summed E-state index contributed by atoms with van der Waals surface area (Å²) >= 11 is 3.41. The first kappa shape index (κ1) is 14.0. The molecule has 0 bridgehead atoms. The highest BCUT2D eigenvalue weighted by molar-refractivity contribution is 9.10. The predicted octanol–water partition coefficient (Wildman–Crippen LogP) is 3.68. The van der Waals surface area contributed by atoms with E-state index in [4.69, 9.17) is 0 Å². The number of amides is 2. The number of carbonyl (C=O) groups is 2. The smallest absolute Gasteiger partial charge is 0.257 e. The van der Waals surface area contributed by atoms with Gasteiger partial charge in [-0.2, -0.15) is 0 Å². The average Bonchev–Trinajstić information content (AvgIpc) is 3.08. The summed E-state index contributed by atoms with van der Waals surface area (Å²) in [6, 6.07) is 11.2. The second-order valence-corrected chi connectivity index (χ2v) is 6.36. The molecule has 0 saturated heterocycles. The van der Waals surface area contributed by atoms with Crippen LogP contribution < -0.4 is 10.6 Å². The molecule has 0 aliphatic carbocycles. The minimum absolute atomic E-state index is 0.0225. The molecule has 1 aromatic heterocycles. The fourth-order valence-corrected chi connectivity index (χ4v) is 3.14. The second-order valence-electron chi connectivity index (χ2n) is 5.44. The third kappa shape index (κ3) is 2.51. The van der Waals surface area contributed by atoms with Crippen LogP contribution in [-0.2, 0) is 11.2 Å². The number of aromatic amines is 1. The molecule has 1 aliphatic heterocycles. The lowest BCUT2D eigenvalue weighted by atomic mass is 10.1. The number of carbonyl (C=O) groups excluding carboxylic acids is 2. The normalized spacial score (nSPS) is 13.0. The molecule has 3 N–H and O–H groups in total. The van der Waals surface area contributed by atoms with Crippen LogP contribution in [0.15, 0.2) is 47.1 Å². The molecule has 2 heterocycles. The highest BCUT2D eigenvalue weighted by Gasteiger charge is 2.18. The second kappa shape index (κ2) is 5.24. The van der Waals surface area contributed by atoms with Crippen molar-refractivity contribution in [3.05, 3.63) is 58.2 Å². The van der Waals surface area contributed by atoms with E-state index in [1.165, 1.54) is 0 Å². The monoisotopic (exact) mass is 369 g/mol. The van der Waals surface area contributed by atoms with Crippen LogP contribution in [0.5, 0.6) is 0 Å². The maximum Gasteiger partial charge on any atom is 0.257 e. The Morgan fingerprint density at radius 1 is 1.17 bits per heavy atom. The Balaban J connectivity index is 1.62. The van der Waals surface area contributed by atoms with Crippen molar-refractivity contribution in [1.82, 2.24) is 4.98 Å². The number of hydrogen-bond acceptors (Lipinski definition) is 2. The fraction of sp³-hybridized carbons (Fsp3) is 0.0588. The molecule has 2 amide bonds. The highest BCUT2D eigenvalue weighted by atomic mass is 79.9. The van der Waals surface area contributed by atoms with Gasteiger partial charge in [0.1, 0.15) is 0 Å². The maximum atomic E-state index is 12.5. The number of aromatic nitrogens is 1. The fourth-order valence-electron chi connectivity index (χ4n) is 2.78. The lowest BCUT2D eigenvalue weighted by Crippen LogP contribution is -2.11. The van der Waals surface area contributed by atoms with Gasteiger partial charge in [-0.1, -0.05) is 28.1 Å². The van der Waals surface area contributed by atoms with Crippen molar-refractivity contribution < 1.29 is 9.59 Å². The first-order valence-electron chi connectivity index (χ1n) is 7.11. The summed E-state index contributed by atoms with van der Waals surface area (Å²) in [7, 11) is 0. The van der Waals surface area contributed by atoms with Gasteiger partial charge in [-0.3, -0.25) is 9.59 Å². The zero-order chi connectivity index (χ0) is 16.0. The molecule has 0 saturated carbocycles. The van der Waals surface area contributed by atoms with Crippen molar-refractivity contribution in [3.8, 4) is 0 Å². The van der Waals surface area contributed by atoms with Crippen LogP contribution in [0.1, 0.15) is 15.9 Å². The van der Waals surface area contributed by atoms with Crippen molar-refractivity contribution in [3.63, 3.8) is 0 Å². The SMILES string of the molecule is O=C1Cc2ccc(NC(=O)c3c[nH]c4cc(Br)ccc34)cc2N1. The summed E-state index contributed by atoms with van der Waals surface area (Å²) in [6.07, 6.45) is 2.09. The van der Waals surface area contributed by atoms with Crippen LogP contribution in [0.25, 0.3) is 10.9 Å². The summed E-state index contributed by atoms with van der Waals surface area (Å²) in [6.45, 7) is 0.